The van der Waals surface area contributed by atoms with Gasteiger partial charge in [-0.15, -0.1) is 0 Å². The standard InChI is InChI=1S/C96H58N4O2/c1-4-21-59(22-5-1)64-51-65(72-33-18-34-79-76-28-13-17-40-91(76)102-96(72)79)53-69(52-64)100-85-37-16-12-30-81(85)95-71(32-20-39-88(95)100)63-43-47-75-82-54-60(44-50-86(82)98(90(75)56-63)67-25-8-3-9-26-67)61-41-48-77-78-49-45-68(58-93(78)101-92(77)57-61)99-84-36-15-11-29-80(84)94-70(31-19-38-87(94)99)62-42-46-74-73-27-10-14-35-83(73)97(89(74)55-62)66-23-6-2-7-24-66/h1-58H. The largest absolute Gasteiger partial charge is 0.456 e. The fourth-order valence-electron chi connectivity index (χ4n) is 17.0. The normalized spacial score (nSPS) is 12.1. The lowest BCUT2D eigenvalue weighted by atomic mass is 9.96. The Morgan fingerprint density at radius 2 is 0.598 bits per heavy atom. The predicted octanol–water partition coefficient (Wildman–Crippen LogP) is 26.2. The van der Waals surface area contributed by atoms with Crippen LogP contribution in [0, 0.1) is 0 Å². The lowest BCUT2D eigenvalue weighted by Crippen LogP contribution is -1.96. The zero-order valence-electron chi connectivity index (χ0n) is 55.1. The van der Waals surface area contributed by atoms with Crippen molar-refractivity contribution in [2.45, 2.75) is 0 Å². The molecule has 22 rings (SSSR count). The van der Waals surface area contributed by atoms with E-state index in [0.29, 0.717) is 0 Å². The molecule has 22 aromatic rings. The molecular weight excluding hydrogens is 1240 g/mol. The highest BCUT2D eigenvalue weighted by Crippen LogP contribution is 2.47. The first-order valence-corrected chi connectivity index (χ1v) is 34.9. The van der Waals surface area contributed by atoms with Gasteiger partial charge in [-0.1, -0.05) is 218 Å². The number of benzene rings is 16. The summed E-state index contributed by atoms with van der Waals surface area (Å²) in [4.78, 5) is 0. The van der Waals surface area contributed by atoms with E-state index in [2.05, 4.69) is 364 Å². The van der Waals surface area contributed by atoms with E-state index in [9.17, 15) is 0 Å². The number of para-hydroxylation sites is 7. The van der Waals surface area contributed by atoms with Gasteiger partial charge in [0.2, 0.25) is 0 Å². The van der Waals surface area contributed by atoms with Gasteiger partial charge in [-0.25, -0.2) is 0 Å². The molecule has 474 valence electrons. The van der Waals surface area contributed by atoms with Gasteiger partial charge in [0.05, 0.1) is 44.1 Å². The van der Waals surface area contributed by atoms with Gasteiger partial charge in [0.15, 0.2) is 0 Å². The quantitative estimate of drug-likeness (QED) is 0.145. The van der Waals surface area contributed by atoms with E-state index < -0.39 is 0 Å². The highest BCUT2D eigenvalue weighted by molar-refractivity contribution is 6.20. The Bertz CT molecular complexity index is 7240. The Labute approximate surface area is 584 Å². The molecule has 6 heteroatoms. The molecule has 0 saturated carbocycles. The number of fused-ring (bicyclic) bond motifs is 18. The van der Waals surface area contributed by atoms with Crippen LogP contribution in [0.5, 0.6) is 0 Å². The maximum atomic E-state index is 6.99. The molecule has 0 amide bonds. The van der Waals surface area contributed by atoms with Crippen molar-refractivity contribution in [2.75, 3.05) is 0 Å². The number of nitrogens with zero attached hydrogens (tertiary/aromatic N) is 4. The van der Waals surface area contributed by atoms with Crippen LogP contribution < -0.4 is 0 Å². The van der Waals surface area contributed by atoms with Gasteiger partial charge in [-0.2, -0.15) is 0 Å². The summed E-state index contributed by atoms with van der Waals surface area (Å²) >= 11 is 0. The summed E-state index contributed by atoms with van der Waals surface area (Å²) in [7, 11) is 0. The number of rotatable bonds is 9. The Hall–Kier alpha value is -13.7. The third kappa shape index (κ3) is 8.41. The van der Waals surface area contributed by atoms with Crippen LogP contribution in [0.2, 0.25) is 0 Å². The van der Waals surface area contributed by atoms with Crippen molar-refractivity contribution < 1.29 is 8.83 Å². The van der Waals surface area contributed by atoms with Gasteiger partial charge in [-0.3, -0.25) is 0 Å². The Morgan fingerprint density at radius 3 is 1.26 bits per heavy atom. The fourth-order valence-corrected chi connectivity index (χ4v) is 17.0. The molecule has 0 saturated heterocycles. The van der Waals surface area contributed by atoms with E-state index in [-0.39, 0.29) is 0 Å². The molecule has 0 atom stereocenters. The average molecular weight is 1300 g/mol. The third-order valence-corrected chi connectivity index (χ3v) is 21.5. The molecule has 0 aliphatic carbocycles. The summed E-state index contributed by atoms with van der Waals surface area (Å²) in [6.45, 7) is 0. The smallest absolute Gasteiger partial charge is 0.143 e. The van der Waals surface area contributed by atoms with Crippen molar-refractivity contribution in [1.82, 2.24) is 18.3 Å². The van der Waals surface area contributed by atoms with E-state index in [0.717, 1.165) is 139 Å². The number of aromatic nitrogens is 4. The molecular formula is C96H58N4O2. The summed E-state index contributed by atoms with van der Waals surface area (Å²) in [5, 5.41) is 14.1. The van der Waals surface area contributed by atoms with Crippen LogP contribution in [0.3, 0.4) is 0 Å². The summed E-state index contributed by atoms with van der Waals surface area (Å²) in [5.41, 5.74) is 28.4. The molecule has 0 fully saturated rings. The number of hydrogen-bond donors (Lipinski definition) is 0. The van der Waals surface area contributed by atoms with Crippen LogP contribution in [0.15, 0.2) is 361 Å². The molecule has 0 N–H and O–H groups in total. The van der Waals surface area contributed by atoms with Crippen LogP contribution in [0.1, 0.15) is 0 Å². The van der Waals surface area contributed by atoms with Crippen molar-refractivity contribution in [2.24, 2.45) is 0 Å². The fraction of sp³-hybridized carbons (Fsp3) is 0. The molecule has 0 aliphatic rings. The van der Waals surface area contributed by atoms with Gasteiger partial charge < -0.3 is 27.1 Å². The summed E-state index contributed by atoms with van der Waals surface area (Å²) in [6, 6.07) is 128. The van der Waals surface area contributed by atoms with E-state index in [4.69, 9.17) is 8.83 Å². The Kier molecular flexibility index (Phi) is 12.1. The maximum Gasteiger partial charge on any atom is 0.143 e. The first kappa shape index (κ1) is 56.3. The minimum atomic E-state index is 0.845. The second kappa shape index (κ2) is 21.9. The summed E-state index contributed by atoms with van der Waals surface area (Å²) < 4.78 is 23.4. The Morgan fingerprint density at radius 1 is 0.167 bits per heavy atom. The van der Waals surface area contributed by atoms with Gasteiger partial charge in [0.1, 0.15) is 22.3 Å². The lowest BCUT2D eigenvalue weighted by Gasteiger charge is -2.14. The highest BCUT2D eigenvalue weighted by Gasteiger charge is 2.24. The molecule has 16 aromatic carbocycles. The third-order valence-electron chi connectivity index (χ3n) is 21.5. The van der Waals surface area contributed by atoms with Crippen LogP contribution in [-0.4, -0.2) is 18.3 Å². The second-order valence-electron chi connectivity index (χ2n) is 27.1. The molecule has 102 heavy (non-hydrogen) atoms. The second-order valence-corrected chi connectivity index (χ2v) is 27.1. The minimum absolute atomic E-state index is 0.845. The number of furan rings is 2. The van der Waals surface area contributed by atoms with Crippen molar-refractivity contribution in [3.63, 3.8) is 0 Å². The highest BCUT2D eigenvalue weighted by atomic mass is 16.3. The molecule has 0 bridgehead atoms. The van der Waals surface area contributed by atoms with Crippen LogP contribution in [0.4, 0.5) is 0 Å². The van der Waals surface area contributed by atoms with Gasteiger partial charge in [0, 0.05) is 99.0 Å². The SMILES string of the molecule is c1ccc(-c2cc(-c3cccc4c3oc3ccccc34)cc(-n3c4ccccc4c4c(-c5ccc6c7cc(-c8ccc9c(c8)oc8cc(-n%10c%11ccccc%11c%11c(-c%12ccc%13c%14ccccc%14n(-c%14ccccc%14)c%13c%12)cccc%11%10)ccc89)ccc7n(-c7ccccc7)c6c5)cccc43)c2)cc1. The van der Waals surface area contributed by atoms with Crippen LogP contribution in [0.25, 0.3) is 209 Å². The lowest BCUT2D eigenvalue weighted by molar-refractivity contribution is 0.668. The number of hydrogen-bond acceptors (Lipinski definition) is 2. The van der Waals surface area contributed by atoms with E-state index in [1.807, 2.05) is 6.07 Å². The van der Waals surface area contributed by atoms with Crippen molar-refractivity contribution in [1.29, 1.82) is 0 Å². The van der Waals surface area contributed by atoms with Crippen LogP contribution in [-0.2, 0) is 0 Å². The van der Waals surface area contributed by atoms with E-state index in [1.165, 1.54) is 70.8 Å². The van der Waals surface area contributed by atoms with Crippen molar-refractivity contribution >= 4 is 131 Å². The molecule has 0 spiro atoms. The first-order chi connectivity index (χ1) is 50.6. The molecule has 6 nitrogen and oxygen atoms in total. The molecule has 0 aliphatic heterocycles. The zero-order chi connectivity index (χ0) is 66.7. The Balaban J connectivity index is 0.649. The minimum Gasteiger partial charge on any atom is -0.456 e. The van der Waals surface area contributed by atoms with Gasteiger partial charge in [-0.05, 0) is 177 Å². The molecule has 6 aromatic heterocycles. The average Bonchev–Trinajstić information content (AvgIpc) is 1.57. The van der Waals surface area contributed by atoms with Gasteiger partial charge in [0.25, 0.3) is 0 Å². The van der Waals surface area contributed by atoms with Gasteiger partial charge >= 0.3 is 0 Å². The van der Waals surface area contributed by atoms with Crippen molar-refractivity contribution in [3.05, 3.63) is 352 Å². The maximum absolute atomic E-state index is 6.99. The molecule has 0 unspecified atom stereocenters. The monoisotopic (exact) mass is 1300 g/mol. The van der Waals surface area contributed by atoms with Crippen molar-refractivity contribution in [3.8, 4) is 78.4 Å². The van der Waals surface area contributed by atoms with Crippen LogP contribution >= 0.6 is 0 Å². The predicted molar refractivity (Wildman–Crippen MR) is 426 cm³/mol. The first-order valence-electron chi connectivity index (χ1n) is 34.9. The summed E-state index contributed by atoms with van der Waals surface area (Å²) in [6.07, 6.45) is 0. The van der Waals surface area contributed by atoms with E-state index in [1.54, 1.807) is 0 Å². The van der Waals surface area contributed by atoms with E-state index >= 15 is 0 Å². The topological polar surface area (TPSA) is 46.0 Å². The zero-order valence-corrected chi connectivity index (χ0v) is 55.1. The molecule has 6 heterocycles. The molecule has 0 radical (unpaired) electrons. The summed E-state index contributed by atoms with van der Waals surface area (Å²) in [5.74, 6) is 0.